The van der Waals surface area contributed by atoms with Crippen LogP contribution in [0.3, 0.4) is 0 Å². The van der Waals surface area contributed by atoms with Gasteiger partial charge >= 0.3 is 0 Å². The lowest BCUT2D eigenvalue weighted by Crippen LogP contribution is -2.24. The largest absolute Gasteiger partial charge is 0.345 e. The van der Waals surface area contributed by atoms with Gasteiger partial charge in [-0.05, 0) is 24.3 Å². The number of carbonyl (C=O) groups is 1. The number of halogens is 2. The number of aryl methyl sites for hydroxylation is 1. The molecule has 0 fully saturated rings. The Hall–Kier alpha value is -2.93. The molecule has 1 amide bonds. The molecule has 0 radical (unpaired) electrons. The Kier molecular flexibility index (Phi) is 3.65. The molecule has 0 bridgehead atoms. The summed E-state index contributed by atoms with van der Waals surface area (Å²) in [6, 6.07) is 10.5. The fourth-order valence-electron chi connectivity index (χ4n) is 2.83. The first-order chi connectivity index (χ1) is 12.1. The average molecular weight is 358 g/mol. The van der Waals surface area contributed by atoms with Gasteiger partial charge in [-0.1, -0.05) is 23.7 Å². The van der Waals surface area contributed by atoms with E-state index in [-0.39, 0.29) is 12.2 Å². The van der Waals surface area contributed by atoms with Crippen molar-refractivity contribution in [1.29, 1.82) is 0 Å². The van der Waals surface area contributed by atoms with Crippen molar-refractivity contribution in [3.63, 3.8) is 0 Å². The van der Waals surface area contributed by atoms with Crippen LogP contribution in [0.4, 0.5) is 4.39 Å². The monoisotopic (exact) mass is 357 g/mol. The van der Waals surface area contributed by atoms with Gasteiger partial charge < -0.3 is 5.32 Å². The minimum atomic E-state index is -0.697. The standard InChI is InChI=1S/C17H13ClFN5O/c1-23-12-6-4-5-10(18)14(12)11(22-23)9-20-17(25)15-16(19)24-8-3-2-7-13(24)21-15/h2-8H,9H2,1H3,(H,20,25). The van der Waals surface area contributed by atoms with Gasteiger partial charge in [-0.3, -0.25) is 13.9 Å². The number of hydrogen-bond acceptors (Lipinski definition) is 3. The summed E-state index contributed by atoms with van der Waals surface area (Å²) >= 11 is 6.24. The molecule has 126 valence electrons. The molecule has 8 heteroatoms. The SMILES string of the molecule is Cn1nc(CNC(=O)c2nc3ccccn3c2F)c2c(Cl)cccc21. The summed E-state index contributed by atoms with van der Waals surface area (Å²) in [6.45, 7) is 0.118. The normalized spacial score (nSPS) is 11.3. The van der Waals surface area contributed by atoms with Crippen molar-refractivity contribution in [1.82, 2.24) is 24.5 Å². The second-order valence-corrected chi connectivity index (χ2v) is 5.97. The number of nitrogens with one attached hydrogen (secondary N) is 1. The highest BCUT2D eigenvalue weighted by molar-refractivity contribution is 6.35. The van der Waals surface area contributed by atoms with Crippen LogP contribution in [0.5, 0.6) is 0 Å². The van der Waals surface area contributed by atoms with Gasteiger partial charge in [0.2, 0.25) is 5.95 Å². The van der Waals surface area contributed by atoms with Crippen LogP contribution in [0.25, 0.3) is 16.6 Å². The molecule has 25 heavy (non-hydrogen) atoms. The van der Waals surface area contributed by atoms with Crippen LogP contribution in [-0.4, -0.2) is 25.1 Å². The minimum Gasteiger partial charge on any atom is -0.345 e. The van der Waals surface area contributed by atoms with E-state index in [1.54, 1.807) is 36.0 Å². The van der Waals surface area contributed by atoms with E-state index >= 15 is 0 Å². The zero-order valence-electron chi connectivity index (χ0n) is 13.2. The summed E-state index contributed by atoms with van der Waals surface area (Å²) in [5, 5.41) is 8.36. The average Bonchev–Trinajstić information content (AvgIpc) is 3.12. The lowest BCUT2D eigenvalue weighted by atomic mass is 10.2. The number of hydrogen-bond donors (Lipinski definition) is 1. The van der Waals surface area contributed by atoms with Crippen molar-refractivity contribution in [2.45, 2.75) is 6.54 Å². The van der Waals surface area contributed by atoms with Crippen molar-refractivity contribution in [3.05, 3.63) is 65.0 Å². The van der Waals surface area contributed by atoms with Crippen LogP contribution in [0.1, 0.15) is 16.2 Å². The molecule has 3 heterocycles. The highest BCUT2D eigenvalue weighted by atomic mass is 35.5. The lowest BCUT2D eigenvalue weighted by Gasteiger charge is -2.02. The number of nitrogens with zero attached hydrogens (tertiary/aromatic N) is 4. The molecule has 6 nitrogen and oxygen atoms in total. The zero-order valence-corrected chi connectivity index (χ0v) is 14.0. The molecule has 3 aromatic heterocycles. The molecule has 0 spiro atoms. The third-order valence-corrected chi connectivity index (χ3v) is 4.32. The molecule has 0 aliphatic heterocycles. The first kappa shape index (κ1) is 15.6. The number of pyridine rings is 1. The van der Waals surface area contributed by atoms with Crippen molar-refractivity contribution in [2.75, 3.05) is 0 Å². The lowest BCUT2D eigenvalue weighted by molar-refractivity contribution is 0.0941. The maximum Gasteiger partial charge on any atom is 0.275 e. The van der Waals surface area contributed by atoms with Crippen LogP contribution >= 0.6 is 11.6 Å². The van der Waals surface area contributed by atoms with E-state index in [0.717, 1.165) is 10.9 Å². The predicted octanol–water partition coefficient (Wildman–Crippen LogP) is 2.94. The highest BCUT2D eigenvalue weighted by Crippen LogP contribution is 2.26. The number of amides is 1. The molecule has 1 aromatic carbocycles. The van der Waals surface area contributed by atoms with Gasteiger partial charge in [-0.15, -0.1) is 0 Å². The van der Waals surface area contributed by atoms with Crippen molar-refractivity contribution < 1.29 is 9.18 Å². The summed E-state index contributed by atoms with van der Waals surface area (Å²) < 4.78 is 17.2. The summed E-state index contributed by atoms with van der Waals surface area (Å²) in [5.74, 6) is -1.30. The molecule has 0 aliphatic rings. The number of fused-ring (bicyclic) bond motifs is 2. The van der Waals surface area contributed by atoms with Gasteiger partial charge in [0.1, 0.15) is 5.65 Å². The van der Waals surface area contributed by atoms with Crippen LogP contribution in [0.15, 0.2) is 42.6 Å². The van der Waals surface area contributed by atoms with Crippen molar-refractivity contribution >= 4 is 34.1 Å². The molecule has 0 atom stereocenters. The van der Waals surface area contributed by atoms with Crippen molar-refractivity contribution in [2.24, 2.45) is 7.05 Å². The van der Waals surface area contributed by atoms with Gasteiger partial charge in [-0.25, -0.2) is 4.98 Å². The molecular weight excluding hydrogens is 345 g/mol. The highest BCUT2D eigenvalue weighted by Gasteiger charge is 2.20. The van der Waals surface area contributed by atoms with E-state index in [9.17, 15) is 9.18 Å². The number of rotatable bonds is 3. The molecule has 4 aromatic rings. The Labute approximate surface area is 146 Å². The number of imidazole rings is 1. The third kappa shape index (κ3) is 2.53. The Balaban J connectivity index is 1.63. The van der Waals surface area contributed by atoms with E-state index in [1.165, 1.54) is 10.6 Å². The zero-order chi connectivity index (χ0) is 17.6. The Bertz CT molecular complexity index is 1120. The van der Waals surface area contributed by atoms with E-state index < -0.39 is 11.9 Å². The first-order valence-electron chi connectivity index (χ1n) is 7.57. The molecule has 1 N–H and O–H groups in total. The van der Waals surface area contributed by atoms with E-state index in [1.807, 2.05) is 12.1 Å². The van der Waals surface area contributed by atoms with E-state index in [2.05, 4.69) is 15.4 Å². The van der Waals surface area contributed by atoms with Crippen LogP contribution in [0.2, 0.25) is 5.02 Å². The second kappa shape index (κ2) is 5.86. The summed E-state index contributed by atoms with van der Waals surface area (Å²) in [5.41, 5.74) is 1.59. The molecule has 0 unspecified atom stereocenters. The molecule has 0 saturated carbocycles. The van der Waals surface area contributed by atoms with Gasteiger partial charge in [0, 0.05) is 18.6 Å². The number of benzene rings is 1. The van der Waals surface area contributed by atoms with Crippen LogP contribution in [0, 0.1) is 5.95 Å². The molecule has 0 aliphatic carbocycles. The Morgan fingerprint density at radius 3 is 2.92 bits per heavy atom. The smallest absolute Gasteiger partial charge is 0.275 e. The van der Waals surface area contributed by atoms with E-state index in [4.69, 9.17) is 11.6 Å². The van der Waals surface area contributed by atoms with Crippen molar-refractivity contribution in [3.8, 4) is 0 Å². The summed E-state index contributed by atoms with van der Waals surface area (Å²) in [4.78, 5) is 16.4. The van der Waals surface area contributed by atoms with Gasteiger partial charge in [0.25, 0.3) is 5.91 Å². The van der Waals surface area contributed by atoms with Gasteiger partial charge in [0.05, 0.1) is 22.8 Å². The second-order valence-electron chi connectivity index (χ2n) is 5.57. The molecule has 4 rings (SSSR count). The Morgan fingerprint density at radius 1 is 1.28 bits per heavy atom. The van der Waals surface area contributed by atoms with Crippen LogP contribution in [-0.2, 0) is 13.6 Å². The predicted molar refractivity (Wildman–Crippen MR) is 92.0 cm³/mol. The van der Waals surface area contributed by atoms with E-state index in [0.29, 0.717) is 16.4 Å². The fraction of sp³-hybridized carbons (Fsp3) is 0.118. The quantitative estimate of drug-likeness (QED) is 0.613. The van der Waals surface area contributed by atoms with Gasteiger partial charge in [-0.2, -0.15) is 9.49 Å². The fourth-order valence-corrected chi connectivity index (χ4v) is 3.11. The maximum absolute atomic E-state index is 14.3. The van der Waals surface area contributed by atoms with Crippen LogP contribution < -0.4 is 5.32 Å². The third-order valence-electron chi connectivity index (χ3n) is 4.00. The Morgan fingerprint density at radius 2 is 2.12 bits per heavy atom. The summed E-state index contributed by atoms with van der Waals surface area (Å²) in [6.07, 6.45) is 1.51. The first-order valence-corrected chi connectivity index (χ1v) is 7.95. The topological polar surface area (TPSA) is 64.2 Å². The maximum atomic E-state index is 14.3. The molecular formula is C17H13ClFN5O. The number of aromatic nitrogens is 4. The van der Waals surface area contributed by atoms with Gasteiger partial charge in [0.15, 0.2) is 5.69 Å². The molecule has 0 saturated heterocycles. The summed E-state index contributed by atoms with van der Waals surface area (Å²) in [7, 11) is 1.80. The minimum absolute atomic E-state index is 0.118. The number of carbonyl (C=O) groups excluding carboxylic acids is 1.